The van der Waals surface area contributed by atoms with E-state index < -0.39 is 0 Å². The molecule has 2 aromatic rings. The van der Waals surface area contributed by atoms with Crippen LogP contribution in [0.3, 0.4) is 0 Å². The van der Waals surface area contributed by atoms with E-state index in [1.165, 1.54) is 0 Å². The molecule has 0 aliphatic carbocycles. The van der Waals surface area contributed by atoms with E-state index in [2.05, 4.69) is 20.4 Å². The molecule has 1 aliphatic rings. The predicted octanol–water partition coefficient (Wildman–Crippen LogP) is 1.63. The fourth-order valence-corrected chi connectivity index (χ4v) is 3.45. The van der Waals surface area contributed by atoms with Gasteiger partial charge in [-0.25, -0.2) is 0 Å². The van der Waals surface area contributed by atoms with Gasteiger partial charge in [0.25, 0.3) is 0 Å². The van der Waals surface area contributed by atoms with Gasteiger partial charge < -0.3 is 10.6 Å². The minimum Gasteiger partial charge on any atom is -0.351 e. The van der Waals surface area contributed by atoms with Gasteiger partial charge in [0.05, 0.1) is 13.1 Å². The van der Waals surface area contributed by atoms with Crippen LogP contribution in [-0.2, 0) is 22.7 Å². The summed E-state index contributed by atoms with van der Waals surface area (Å²) in [4.78, 5) is 28.8. The van der Waals surface area contributed by atoms with Crippen LogP contribution < -0.4 is 10.6 Å². The first-order valence-electron chi connectivity index (χ1n) is 10.2. The van der Waals surface area contributed by atoms with Crippen molar-refractivity contribution in [3.05, 3.63) is 71.8 Å². The molecule has 2 N–H and O–H groups in total. The molecule has 6 heteroatoms. The molecule has 1 saturated heterocycles. The van der Waals surface area contributed by atoms with Crippen molar-refractivity contribution in [1.29, 1.82) is 0 Å². The summed E-state index contributed by atoms with van der Waals surface area (Å²) >= 11 is 0. The Hall–Kier alpha value is -2.70. The van der Waals surface area contributed by atoms with Crippen LogP contribution in [0.25, 0.3) is 0 Å². The van der Waals surface area contributed by atoms with Crippen molar-refractivity contribution >= 4 is 11.8 Å². The predicted molar refractivity (Wildman–Crippen MR) is 114 cm³/mol. The van der Waals surface area contributed by atoms with Crippen molar-refractivity contribution in [3.63, 3.8) is 0 Å². The lowest BCUT2D eigenvalue weighted by Crippen LogP contribution is -2.41. The normalized spacial score (nSPS) is 15.4. The fraction of sp³-hybridized carbons (Fsp3) is 0.391. The SMILES string of the molecule is O=C(CN1CCCN(CC(=O)NCc2ccccc2)CC1)NCc1ccccc1. The van der Waals surface area contributed by atoms with E-state index in [0.717, 1.165) is 43.7 Å². The zero-order valence-corrected chi connectivity index (χ0v) is 16.8. The second kappa shape index (κ2) is 11.3. The van der Waals surface area contributed by atoms with Crippen LogP contribution in [0.2, 0.25) is 0 Å². The lowest BCUT2D eigenvalue weighted by atomic mass is 10.2. The maximum absolute atomic E-state index is 12.2. The summed E-state index contributed by atoms with van der Waals surface area (Å²) in [5.74, 6) is 0.0887. The monoisotopic (exact) mass is 394 g/mol. The first-order chi connectivity index (χ1) is 14.2. The third kappa shape index (κ3) is 7.68. The molecule has 1 fully saturated rings. The van der Waals surface area contributed by atoms with E-state index in [-0.39, 0.29) is 11.8 Å². The molecular weight excluding hydrogens is 364 g/mol. The van der Waals surface area contributed by atoms with E-state index in [0.29, 0.717) is 26.2 Å². The molecule has 154 valence electrons. The second-order valence-corrected chi connectivity index (χ2v) is 7.43. The molecule has 1 aliphatic heterocycles. The summed E-state index contributed by atoms with van der Waals surface area (Å²) in [7, 11) is 0. The zero-order chi connectivity index (χ0) is 20.3. The van der Waals surface area contributed by atoms with Gasteiger partial charge in [-0.3, -0.25) is 19.4 Å². The zero-order valence-electron chi connectivity index (χ0n) is 16.8. The highest BCUT2D eigenvalue weighted by Gasteiger charge is 2.18. The van der Waals surface area contributed by atoms with Gasteiger partial charge >= 0.3 is 0 Å². The number of nitrogens with one attached hydrogen (secondary N) is 2. The molecule has 0 spiro atoms. The second-order valence-electron chi connectivity index (χ2n) is 7.43. The Morgan fingerprint density at radius 2 is 1.07 bits per heavy atom. The van der Waals surface area contributed by atoms with Gasteiger partial charge in [0.1, 0.15) is 0 Å². The standard InChI is InChI=1S/C23H30N4O2/c28-22(24-16-20-8-3-1-4-9-20)18-26-12-7-13-27(15-14-26)19-23(29)25-17-21-10-5-2-6-11-21/h1-6,8-11H,7,12-19H2,(H,24,28)(H,25,29). The van der Waals surface area contributed by atoms with Gasteiger partial charge in [-0.05, 0) is 30.6 Å². The topological polar surface area (TPSA) is 64.7 Å². The smallest absolute Gasteiger partial charge is 0.234 e. The summed E-state index contributed by atoms with van der Waals surface area (Å²) in [6.07, 6.45) is 0.956. The molecule has 2 amide bonds. The first-order valence-corrected chi connectivity index (χ1v) is 10.2. The van der Waals surface area contributed by atoms with E-state index in [1.807, 2.05) is 60.7 Å². The molecule has 3 rings (SSSR count). The van der Waals surface area contributed by atoms with Gasteiger partial charge in [0.15, 0.2) is 0 Å². The van der Waals surface area contributed by atoms with E-state index in [1.54, 1.807) is 0 Å². The maximum atomic E-state index is 12.2. The Morgan fingerprint density at radius 1 is 0.655 bits per heavy atom. The summed E-state index contributed by atoms with van der Waals surface area (Å²) in [5.41, 5.74) is 2.20. The Bertz CT molecular complexity index is 701. The number of carbonyl (C=O) groups excluding carboxylic acids is 2. The Labute approximate surface area is 172 Å². The van der Waals surface area contributed by atoms with Crippen LogP contribution in [0.15, 0.2) is 60.7 Å². The van der Waals surface area contributed by atoms with Gasteiger partial charge in [-0.2, -0.15) is 0 Å². The average molecular weight is 395 g/mol. The van der Waals surface area contributed by atoms with Gasteiger partial charge in [-0.1, -0.05) is 60.7 Å². The molecule has 0 radical (unpaired) electrons. The van der Waals surface area contributed by atoms with E-state index >= 15 is 0 Å². The van der Waals surface area contributed by atoms with Crippen molar-refractivity contribution in [3.8, 4) is 0 Å². The number of hydrogen-bond donors (Lipinski definition) is 2. The van der Waals surface area contributed by atoms with Crippen molar-refractivity contribution in [2.45, 2.75) is 19.5 Å². The number of benzene rings is 2. The number of amides is 2. The molecular formula is C23H30N4O2. The van der Waals surface area contributed by atoms with E-state index in [4.69, 9.17) is 0 Å². The highest BCUT2D eigenvalue weighted by molar-refractivity contribution is 5.78. The largest absolute Gasteiger partial charge is 0.351 e. The minimum absolute atomic E-state index is 0.0444. The molecule has 6 nitrogen and oxygen atoms in total. The van der Waals surface area contributed by atoms with Crippen LogP contribution in [-0.4, -0.2) is 60.9 Å². The molecule has 29 heavy (non-hydrogen) atoms. The number of carbonyl (C=O) groups is 2. The van der Waals surface area contributed by atoms with Gasteiger partial charge in [0, 0.05) is 26.2 Å². The lowest BCUT2D eigenvalue weighted by Gasteiger charge is -2.21. The van der Waals surface area contributed by atoms with Crippen LogP contribution in [0, 0.1) is 0 Å². The molecule has 2 aromatic carbocycles. The maximum Gasteiger partial charge on any atom is 0.234 e. The Kier molecular flexibility index (Phi) is 8.22. The third-order valence-electron chi connectivity index (χ3n) is 5.08. The molecule has 1 heterocycles. The third-order valence-corrected chi connectivity index (χ3v) is 5.08. The Balaban J connectivity index is 1.35. The summed E-state index contributed by atoms with van der Waals surface area (Å²) < 4.78 is 0. The fourth-order valence-electron chi connectivity index (χ4n) is 3.45. The van der Waals surface area contributed by atoms with Crippen LogP contribution in [0.4, 0.5) is 0 Å². The van der Waals surface area contributed by atoms with Crippen LogP contribution in [0.5, 0.6) is 0 Å². The quantitative estimate of drug-likeness (QED) is 0.714. The average Bonchev–Trinajstić information content (AvgIpc) is 2.97. The highest BCUT2D eigenvalue weighted by Crippen LogP contribution is 2.04. The number of hydrogen-bond acceptors (Lipinski definition) is 4. The summed E-state index contributed by atoms with van der Waals surface area (Å²) in [6, 6.07) is 19.9. The Morgan fingerprint density at radius 3 is 1.48 bits per heavy atom. The number of rotatable bonds is 8. The van der Waals surface area contributed by atoms with Crippen LogP contribution >= 0.6 is 0 Å². The van der Waals surface area contributed by atoms with Crippen molar-refractivity contribution in [2.75, 3.05) is 39.3 Å². The highest BCUT2D eigenvalue weighted by atomic mass is 16.2. The molecule has 0 unspecified atom stereocenters. The minimum atomic E-state index is 0.0444. The summed E-state index contributed by atoms with van der Waals surface area (Å²) in [6.45, 7) is 5.27. The van der Waals surface area contributed by atoms with Crippen molar-refractivity contribution in [1.82, 2.24) is 20.4 Å². The number of nitrogens with zero attached hydrogens (tertiary/aromatic N) is 2. The first kappa shape index (κ1) is 21.0. The molecule has 0 aromatic heterocycles. The van der Waals surface area contributed by atoms with Gasteiger partial charge in [0.2, 0.25) is 11.8 Å². The summed E-state index contributed by atoms with van der Waals surface area (Å²) in [5, 5.41) is 5.97. The van der Waals surface area contributed by atoms with Crippen molar-refractivity contribution < 1.29 is 9.59 Å². The van der Waals surface area contributed by atoms with E-state index in [9.17, 15) is 9.59 Å². The van der Waals surface area contributed by atoms with Crippen LogP contribution in [0.1, 0.15) is 17.5 Å². The van der Waals surface area contributed by atoms with Crippen molar-refractivity contribution in [2.24, 2.45) is 0 Å². The molecule has 0 saturated carbocycles. The van der Waals surface area contributed by atoms with Gasteiger partial charge in [-0.15, -0.1) is 0 Å². The molecule has 0 bridgehead atoms. The molecule has 0 atom stereocenters. The lowest BCUT2D eigenvalue weighted by molar-refractivity contribution is -0.123.